The summed E-state index contributed by atoms with van der Waals surface area (Å²) in [7, 11) is 2.93. The summed E-state index contributed by atoms with van der Waals surface area (Å²) in [5.41, 5.74) is 7.39. The first-order valence-electron chi connectivity index (χ1n) is 11.1. The number of nitrogens with zero attached hydrogens (tertiary/aromatic N) is 1. The van der Waals surface area contributed by atoms with Gasteiger partial charge in [-0.15, -0.1) is 0 Å². The predicted molar refractivity (Wildman–Crippen MR) is 129 cm³/mol. The molecule has 4 N–H and O–H groups in total. The molecule has 2 unspecified atom stereocenters. The van der Waals surface area contributed by atoms with Gasteiger partial charge in [0, 0.05) is 6.54 Å². The molecule has 2 amide bonds. The molecular formula is C25H33FN4O4. The first-order valence-corrected chi connectivity index (χ1v) is 11.1. The lowest BCUT2D eigenvalue weighted by molar-refractivity contribution is -0.123. The number of carbonyl (C=O) groups is 2. The molecule has 0 aliphatic heterocycles. The molecule has 0 fully saturated rings. The number of nitrogens with two attached hydrogens (primary N) is 1. The lowest BCUT2D eigenvalue weighted by Gasteiger charge is -2.18. The average Bonchev–Trinajstić information content (AvgIpc) is 2.82. The van der Waals surface area contributed by atoms with Gasteiger partial charge in [0.05, 0.1) is 20.6 Å². The van der Waals surface area contributed by atoms with Crippen molar-refractivity contribution in [1.29, 1.82) is 0 Å². The van der Waals surface area contributed by atoms with Gasteiger partial charge >= 0.3 is 0 Å². The van der Waals surface area contributed by atoms with Crippen LogP contribution in [0.3, 0.4) is 0 Å². The summed E-state index contributed by atoms with van der Waals surface area (Å²) in [5, 5.41) is 5.35. The molecule has 0 aliphatic carbocycles. The molecule has 9 heteroatoms. The van der Waals surface area contributed by atoms with Crippen molar-refractivity contribution in [2.24, 2.45) is 16.6 Å². The Hall–Kier alpha value is -3.62. The van der Waals surface area contributed by atoms with Gasteiger partial charge in [-0.1, -0.05) is 38.5 Å². The van der Waals surface area contributed by atoms with Crippen LogP contribution in [0.25, 0.3) is 0 Å². The van der Waals surface area contributed by atoms with Crippen LogP contribution >= 0.6 is 0 Å². The minimum atomic E-state index is -0.783. The number of hydrogen-bond acceptors (Lipinski definition) is 5. The van der Waals surface area contributed by atoms with Crippen molar-refractivity contribution in [3.63, 3.8) is 0 Å². The van der Waals surface area contributed by atoms with Crippen LogP contribution < -0.4 is 25.8 Å². The molecule has 2 rings (SSSR count). The van der Waals surface area contributed by atoms with Crippen molar-refractivity contribution >= 4 is 17.8 Å². The van der Waals surface area contributed by atoms with Crippen molar-refractivity contribution in [3.8, 4) is 11.5 Å². The Kier molecular flexibility index (Phi) is 10.3. The van der Waals surface area contributed by atoms with Gasteiger partial charge in [0.2, 0.25) is 11.8 Å². The Labute approximate surface area is 199 Å². The molecule has 2 aromatic carbocycles. The highest BCUT2D eigenvalue weighted by molar-refractivity contribution is 5.98. The lowest BCUT2D eigenvalue weighted by atomic mass is 9.99. The number of halogens is 1. The maximum Gasteiger partial charge on any atom is 0.245 e. The van der Waals surface area contributed by atoms with Gasteiger partial charge in [-0.25, -0.2) is 9.38 Å². The number of carbonyl (C=O) groups excluding carboxylic acids is 2. The van der Waals surface area contributed by atoms with E-state index in [4.69, 9.17) is 15.2 Å². The summed E-state index contributed by atoms with van der Waals surface area (Å²) in [5.74, 6) is -0.330. The second-order valence-electron chi connectivity index (χ2n) is 8.04. The van der Waals surface area contributed by atoms with Gasteiger partial charge in [0.25, 0.3) is 0 Å². The zero-order valence-corrected chi connectivity index (χ0v) is 20.1. The number of methoxy groups -OCH3 is 2. The maximum absolute atomic E-state index is 13.6. The molecular weight excluding hydrogens is 439 g/mol. The number of guanidine groups is 1. The number of ether oxygens (including phenoxy) is 2. The minimum Gasteiger partial charge on any atom is -0.497 e. The monoisotopic (exact) mass is 472 g/mol. The van der Waals surface area contributed by atoms with Crippen LogP contribution in [0.4, 0.5) is 4.39 Å². The quantitative estimate of drug-likeness (QED) is 0.344. The summed E-state index contributed by atoms with van der Waals surface area (Å²) in [4.78, 5) is 29.5. The minimum absolute atomic E-state index is 0.0854. The van der Waals surface area contributed by atoms with Crippen molar-refractivity contribution in [1.82, 2.24) is 10.6 Å². The van der Waals surface area contributed by atoms with Crippen LogP contribution in [0.1, 0.15) is 37.8 Å². The van der Waals surface area contributed by atoms with Gasteiger partial charge in [-0.05, 0) is 47.7 Å². The number of aliphatic imine (C=N–C) groups is 1. The van der Waals surface area contributed by atoms with Crippen LogP contribution in [-0.2, 0) is 22.6 Å². The fourth-order valence-electron chi connectivity index (χ4n) is 3.24. The van der Waals surface area contributed by atoms with Crippen molar-refractivity contribution in [2.75, 3.05) is 14.2 Å². The van der Waals surface area contributed by atoms with E-state index in [0.717, 1.165) is 12.0 Å². The zero-order valence-electron chi connectivity index (χ0n) is 20.1. The highest BCUT2D eigenvalue weighted by Crippen LogP contribution is 2.18. The standard InChI is InChI=1S/C25H33FN4O4/c1-5-16(2)11-21(24(32)28-15-18-9-10-20(26)22(13-18)34-4)29-25(27)30-23(31)14-17-7-6-8-19(12-17)33-3/h6-10,12-13,16,21H,5,11,14-15H2,1-4H3,(H,28,32)(H3,27,29,30,31). The molecule has 0 spiro atoms. The van der Waals surface area contributed by atoms with Crippen molar-refractivity contribution in [3.05, 3.63) is 59.4 Å². The van der Waals surface area contributed by atoms with Crippen LogP contribution in [-0.4, -0.2) is 38.0 Å². The van der Waals surface area contributed by atoms with Gasteiger partial charge < -0.3 is 20.5 Å². The van der Waals surface area contributed by atoms with Crippen molar-refractivity contribution in [2.45, 2.75) is 45.7 Å². The third kappa shape index (κ3) is 8.38. The Morgan fingerprint density at radius 2 is 1.88 bits per heavy atom. The van der Waals surface area contributed by atoms with Crippen LogP contribution in [0, 0.1) is 11.7 Å². The van der Waals surface area contributed by atoms with Crippen LogP contribution in [0.2, 0.25) is 0 Å². The number of rotatable bonds is 11. The molecule has 0 bridgehead atoms. The highest BCUT2D eigenvalue weighted by Gasteiger charge is 2.21. The van der Waals surface area contributed by atoms with E-state index in [1.54, 1.807) is 37.4 Å². The fraction of sp³-hybridized carbons (Fsp3) is 0.400. The molecule has 8 nitrogen and oxygen atoms in total. The molecule has 184 valence electrons. The van der Waals surface area contributed by atoms with Gasteiger partial charge in [0.1, 0.15) is 11.8 Å². The number of benzene rings is 2. The second-order valence-corrected chi connectivity index (χ2v) is 8.04. The van der Waals surface area contributed by atoms with E-state index in [0.29, 0.717) is 17.7 Å². The second kappa shape index (κ2) is 13.2. The van der Waals surface area contributed by atoms with E-state index in [-0.39, 0.29) is 42.4 Å². The normalized spacial score (nSPS) is 13.0. The van der Waals surface area contributed by atoms with E-state index in [2.05, 4.69) is 15.6 Å². The average molecular weight is 473 g/mol. The third-order valence-corrected chi connectivity index (χ3v) is 5.37. The largest absolute Gasteiger partial charge is 0.497 e. The van der Waals surface area contributed by atoms with Gasteiger partial charge in [-0.3, -0.25) is 14.9 Å². The zero-order chi connectivity index (χ0) is 25.1. The Morgan fingerprint density at radius 1 is 1.12 bits per heavy atom. The maximum atomic E-state index is 13.6. The SMILES string of the molecule is CCC(C)CC(N=C(N)NC(=O)Cc1cccc(OC)c1)C(=O)NCc1ccc(F)c(OC)c1. The molecule has 34 heavy (non-hydrogen) atoms. The number of nitrogens with one attached hydrogen (secondary N) is 2. The molecule has 0 saturated heterocycles. The van der Waals surface area contributed by atoms with E-state index in [9.17, 15) is 14.0 Å². The first-order chi connectivity index (χ1) is 16.2. The van der Waals surface area contributed by atoms with E-state index in [1.165, 1.54) is 19.2 Å². The van der Waals surface area contributed by atoms with Crippen LogP contribution in [0.5, 0.6) is 11.5 Å². The molecule has 2 aromatic rings. The summed E-state index contributed by atoms with van der Waals surface area (Å²) in [6, 6.07) is 10.7. The topological polar surface area (TPSA) is 115 Å². The van der Waals surface area contributed by atoms with E-state index >= 15 is 0 Å². The fourth-order valence-corrected chi connectivity index (χ4v) is 3.24. The summed E-state index contributed by atoms with van der Waals surface area (Å²) in [6.07, 6.45) is 1.40. The summed E-state index contributed by atoms with van der Waals surface area (Å²) >= 11 is 0. The smallest absolute Gasteiger partial charge is 0.245 e. The molecule has 2 atom stereocenters. The lowest BCUT2D eigenvalue weighted by Crippen LogP contribution is -2.41. The molecule has 0 saturated carbocycles. The highest BCUT2D eigenvalue weighted by atomic mass is 19.1. The number of amides is 2. The first kappa shape index (κ1) is 26.6. The summed E-state index contributed by atoms with van der Waals surface area (Å²) < 4.78 is 23.8. The van der Waals surface area contributed by atoms with Gasteiger partial charge in [0.15, 0.2) is 17.5 Å². The Balaban J connectivity index is 2.04. The van der Waals surface area contributed by atoms with E-state index in [1.807, 2.05) is 13.8 Å². The predicted octanol–water partition coefficient (Wildman–Crippen LogP) is 2.94. The molecule has 0 radical (unpaired) electrons. The van der Waals surface area contributed by atoms with Crippen LogP contribution in [0.15, 0.2) is 47.5 Å². The van der Waals surface area contributed by atoms with E-state index < -0.39 is 11.9 Å². The molecule has 0 aliphatic rings. The Morgan fingerprint density at radius 3 is 2.56 bits per heavy atom. The molecule has 0 heterocycles. The molecule has 0 aromatic heterocycles. The number of hydrogen-bond donors (Lipinski definition) is 3. The van der Waals surface area contributed by atoms with Crippen molar-refractivity contribution < 1.29 is 23.5 Å². The third-order valence-electron chi connectivity index (χ3n) is 5.37. The van der Waals surface area contributed by atoms with Gasteiger partial charge in [-0.2, -0.15) is 0 Å². The Bertz CT molecular complexity index is 1010. The summed E-state index contributed by atoms with van der Waals surface area (Å²) in [6.45, 7) is 4.20.